The Hall–Kier alpha value is -2.98. The van der Waals surface area contributed by atoms with Crippen molar-refractivity contribution < 1.29 is 22.7 Å². The van der Waals surface area contributed by atoms with Crippen LogP contribution in [0.1, 0.15) is 30.9 Å². The molecule has 1 saturated heterocycles. The molecule has 9 nitrogen and oxygen atoms in total. The summed E-state index contributed by atoms with van der Waals surface area (Å²) in [5.41, 5.74) is 6.84. The van der Waals surface area contributed by atoms with Crippen molar-refractivity contribution in [1.82, 2.24) is 20.1 Å². The lowest BCUT2D eigenvalue weighted by molar-refractivity contribution is -0.134. The van der Waals surface area contributed by atoms with Crippen LogP contribution < -0.4 is 15.6 Å². The molecule has 32 heavy (non-hydrogen) atoms. The molecule has 1 unspecified atom stereocenters. The summed E-state index contributed by atoms with van der Waals surface area (Å²) in [6.45, 7) is 5.91. The lowest BCUT2D eigenvalue weighted by Gasteiger charge is -2.30. The van der Waals surface area contributed by atoms with Gasteiger partial charge in [0.1, 0.15) is 10.6 Å². The maximum atomic E-state index is 12.7. The van der Waals surface area contributed by atoms with Crippen molar-refractivity contribution in [2.24, 2.45) is 5.92 Å². The van der Waals surface area contributed by atoms with Gasteiger partial charge in [0.15, 0.2) is 6.10 Å². The number of nitrogens with zero attached hydrogens (tertiary/aromatic N) is 2. The van der Waals surface area contributed by atoms with Gasteiger partial charge in [-0.25, -0.2) is 8.42 Å². The smallest absolute Gasteiger partial charge is 0.279 e. The monoisotopic (exact) mass is 460 g/mol. The lowest BCUT2D eigenvalue weighted by Crippen LogP contribution is -2.51. The molecule has 0 bridgehead atoms. The molecule has 1 atom stereocenters. The average Bonchev–Trinajstić information content (AvgIpc) is 2.80. The highest BCUT2D eigenvalue weighted by Gasteiger charge is 2.32. The number of sulfonamides is 1. The summed E-state index contributed by atoms with van der Waals surface area (Å²) < 4.78 is 32.4. The molecule has 172 valence electrons. The van der Waals surface area contributed by atoms with Crippen molar-refractivity contribution in [2.75, 3.05) is 13.1 Å². The normalized spacial score (nSPS) is 16.2. The summed E-state index contributed by atoms with van der Waals surface area (Å²) in [7, 11) is -3.63. The third kappa shape index (κ3) is 5.43. The molecule has 1 fully saturated rings. The molecule has 10 heteroatoms. The minimum atomic E-state index is -3.63. The van der Waals surface area contributed by atoms with Gasteiger partial charge < -0.3 is 4.74 Å². The number of carbonyl (C=O) groups excluding carboxylic acids is 2. The molecule has 0 radical (unpaired) electrons. The fraction of sp³-hybridized carbons (Fsp3) is 0.409. The van der Waals surface area contributed by atoms with Gasteiger partial charge in [-0.3, -0.25) is 25.4 Å². The third-order valence-corrected chi connectivity index (χ3v) is 7.52. The highest BCUT2D eigenvalue weighted by atomic mass is 32.2. The summed E-state index contributed by atoms with van der Waals surface area (Å²) in [5, 5.41) is 0. The van der Waals surface area contributed by atoms with E-state index in [1.807, 2.05) is 26.0 Å². The molecule has 0 aliphatic carbocycles. The molecule has 1 aliphatic rings. The Kier molecular flexibility index (Phi) is 7.47. The Labute approximate surface area is 188 Å². The summed E-state index contributed by atoms with van der Waals surface area (Å²) in [6.07, 6.45) is 2.73. The first-order valence-corrected chi connectivity index (χ1v) is 11.9. The van der Waals surface area contributed by atoms with Crippen molar-refractivity contribution in [3.05, 3.63) is 53.9 Å². The van der Waals surface area contributed by atoms with Gasteiger partial charge in [0.25, 0.3) is 5.91 Å². The largest absolute Gasteiger partial charge is 0.481 e. The summed E-state index contributed by atoms with van der Waals surface area (Å²) in [6, 6.07) is 8.67. The summed E-state index contributed by atoms with van der Waals surface area (Å²) in [5.74, 6) is -0.612. The van der Waals surface area contributed by atoms with Gasteiger partial charge in [-0.2, -0.15) is 4.31 Å². The number of rotatable bonds is 6. The maximum absolute atomic E-state index is 12.7. The SMILES string of the molecule is Cc1cccc(OC(C)C(=O)NNC(=O)C2CCN(S(=O)(=O)c3cccnc3)CC2)c1C. The van der Waals surface area contributed by atoms with E-state index in [4.69, 9.17) is 4.74 Å². The average molecular weight is 461 g/mol. The molecule has 3 rings (SSSR count). The zero-order valence-electron chi connectivity index (χ0n) is 18.4. The first-order chi connectivity index (χ1) is 15.2. The van der Waals surface area contributed by atoms with Crippen molar-refractivity contribution >= 4 is 21.8 Å². The van der Waals surface area contributed by atoms with Crippen LogP contribution in [-0.4, -0.2) is 48.7 Å². The molecule has 2 heterocycles. The van der Waals surface area contributed by atoms with Crippen molar-refractivity contribution in [3.63, 3.8) is 0 Å². The highest BCUT2D eigenvalue weighted by molar-refractivity contribution is 7.89. The number of carbonyl (C=O) groups is 2. The number of amides is 2. The van der Waals surface area contributed by atoms with Gasteiger partial charge in [0, 0.05) is 31.4 Å². The van der Waals surface area contributed by atoms with Crippen LogP contribution in [0.5, 0.6) is 5.75 Å². The molecular formula is C22H28N4O5S. The number of aryl methyl sites for hydroxylation is 1. The summed E-state index contributed by atoms with van der Waals surface area (Å²) in [4.78, 5) is 28.8. The van der Waals surface area contributed by atoms with Crippen LogP contribution in [0.25, 0.3) is 0 Å². The zero-order valence-corrected chi connectivity index (χ0v) is 19.2. The molecular weight excluding hydrogens is 432 g/mol. The topological polar surface area (TPSA) is 118 Å². The minimum Gasteiger partial charge on any atom is -0.481 e. The fourth-order valence-electron chi connectivity index (χ4n) is 3.43. The van der Waals surface area contributed by atoms with Crippen molar-refractivity contribution in [1.29, 1.82) is 0 Å². The Balaban J connectivity index is 1.48. The Bertz CT molecular complexity index is 1070. The second kappa shape index (κ2) is 10.1. The standard InChI is InChI=1S/C22H28N4O5S/c1-15-6-4-8-20(16(15)2)31-17(3)21(27)24-25-22(28)18-9-12-26(13-10-18)32(29,30)19-7-5-11-23-14-19/h4-8,11,14,17-18H,9-10,12-13H2,1-3H3,(H,24,27)(H,25,28). The number of pyridine rings is 1. The van der Waals surface area contributed by atoms with Gasteiger partial charge in [0.2, 0.25) is 15.9 Å². The number of piperidine rings is 1. The Morgan fingerprint density at radius 3 is 2.50 bits per heavy atom. The zero-order chi connectivity index (χ0) is 23.3. The summed E-state index contributed by atoms with van der Waals surface area (Å²) >= 11 is 0. The first kappa shape index (κ1) is 23.7. The van der Waals surface area contributed by atoms with Crippen LogP contribution in [0, 0.1) is 19.8 Å². The van der Waals surface area contributed by atoms with E-state index in [1.165, 1.54) is 22.8 Å². The maximum Gasteiger partial charge on any atom is 0.279 e. The first-order valence-electron chi connectivity index (χ1n) is 10.4. The van der Waals surface area contributed by atoms with Crippen molar-refractivity contribution in [3.8, 4) is 5.75 Å². The van der Waals surface area contributed by atoms with Crippen LogP contribution in [-0.2, 0) is 19.6 Å². The lowest BCUT2D eigenvalue weighted by atomic mass is 9.98. The Morgan fingerprint density at radius 1 is 1.12 bits per heavy atom. The molecule has 2 N–H and O–H groups in total. The Morgan fingerprint density at radius 2 is 1.84 bits per heavy atom. The second-order valence-corrected chi connectivity index (χ2v) is 9.74. The number of nitrogens with one attached hydrogen (secondary N) is 2. The second-order valence-electron chi connectivity index (χ2n) is 7.80. The van der Waals surface area contributed by atoms with Crippen molar-refractivity contribution in [2.45, 2.75) is 44.6 Å². The van der Waals surface area contributed by atoms with Crippen LogP contribution in [0.2, 0.25) is 0 Å². The van der Waals surface area contributed by atoms with Gasteiger partial charge in [-0.15, -0.1) is 0 Å². The number of aromatic nitrogens is 1. The predicted octanol–water partition coefficient (Wildman–Crippen LogP) is 1.71. The fourth-order valence-corrected chi connectivity index (χ4v) is 4.86. The van der Waals surface area contributed by atoms with E-state index < -0.39 is 28.0 Å². The molecule has 1 aliphatic heterocycles. The molecule has 0 saturated carbocycles. The van der Waals surface area contributed by atoms with Gasteiger partial charge in [-0.05, 0) is 62.9 Å². The third-order valence-electron chi connectivity index (χ3n) is 5.63. The molecule has 1 aromatic heterocycles. The molecule has 1 aromatic carbocycles. The molecule has 0 spiro atoms. The number of hydrogen-bond donors (Lipinski definition) is 2. The predicted molar refractivity (Wildman–Crippen MR) is 118 cm³/mol. The number of hydrazine groups is 1. The van der Waals surface area contributed by atoms with Gasteiger partial charge >= 0.3 is 0 Å². The van der Waals surface area contributed by atoms with E-state index >= 15 is 0 Å². The van der Waals surface area contributed by atoms with Crippen LogP contribution in [0.3, 0.4) is 0 Å². The van der Waals surface area contributed by atoms with E-state index in [2.05, 4.69) is 15.8 Å². The van der Waals surface area contributed by atoms with Gasteiger partial charge in [0.05, 0.1) is 0 Å². The van der Waals surface area contributed by atoms with Gasteiger partial charge in [-0.1, -0.05) is 12.1 Å². The number of hydrogen-bond acceptors (Lipinski definition) is 6. The quantitative estimate of drug-likeness (QED) is 0.634. The van der Waals surface area contributed by atoms with Crippen LogP contribution in [0.15, 0.2) is 47.6 Å². The highest BCUT2D eigenvalue weighted by Crippen LogP contribution is 2.24. The van der Waals surface area contributed by atoms with E-state index in [1.54, 1.807) is 19.1 Å². The number of benzene rings is 1. The molecule has 2 amide bonds. The van der Waals surface area contributed by atoms with E-state index in [-0.39, 0.29) is 23.9 Å². The van der Waals surface area contributed by atoms with Crippen LogP contribution in [0.4, 0.5) is 0 Å². The minimum absolute atomic E-state index is 0.132. The van der Waals surface area contributed by atoms with E-state index in [0.29, 0.717) is 18.6 Å². The number of ether oxygens (including phenoxy) is 1. The van der Waals surface area contributed by atoms with E-state index in [0.717, 1.165) is 11.1 Å². The molecule has 2 aromatic rings. The van der Waals surface area contributed by atoms with E-state index in [9.17, 15) is 18.0 Å². The van der Waals surface area contributed by atoms with Crippen LogP contribution >= 0.6 is 0 Å².